The predicted octanol–water partition coefficient (Wildman–Crippen LogP) is 4.94. The summed E-state index contributed by atoms with van der Waals surface area (Å²) in [7, 11) is 0. The Kier molecular flexibility index (Phi) is 4.94. The second-order valence-corrected chi connectivity index (χ2v) is 5.24. The minimum Gasteiger partial charge on any atom is -0.457 e. The fourth-order valence-electron chi connectivity index (χ4n) is 1.74. The number of ether oxygens (including phenoxy) is 1. The molecule has 0 saturated heterocycles. The number of halogens is 3. The van der Waals surface area contributed by atoms with Crippen molar-refractivity contribution in [3.05, 3.63) is 57.0 Å². The molecule has 0 bridgehead atoms. The van der Waals surface area contributed by atoms with Gasteiger partial charge in [-0.3, -0.25) is 0 Å². The van der Waals surface area contributed by atoms with Crippen LogP contribution in [-0.2, 0) is 6.42 Å². The Hall–Kier alpha value is -0.930. The van der Waals surface area contributed by atoms with Crippen molar-refractivity contribution in [1.29, 1.82) is 0 Å². The zero-order valence-corrected chi connectivity index (χ0v) is 12.3. The lowest BCUT2D eigenvalue weighted by atomic mass is 10.1. The van der Waals surface area contributed by atoms with Gasteiger partial charge in [0.25, 0.3) is 0 Å². The molecular weight excluding hydrogens is 305 g/mol. The second-order valence-electron chi connectivity index (χ2n) is 3.96. The Bertz CT molecular complexity index is 567. The second kappa shape index (κ2) is 6.49. The molecule has 100 valence electrons. The first kappa shape index (κ1) is 14.5. The van der Waals surface area contributed by atoms with Crippen molar-refractivity contribution in [3.8, 4) is 11.5 Å². The Labute approximate surface area is 127 Å². The molecule has 0 saturated carbocycles. The molecule has 2 rings (SSSR count). The number of rotatable bonds is 4. The Morgan fingerprint density at radius 3 is 2.32 bits per heavy atom. The molecule has 5 heteroatoms. The summed E-state index contributed by atoms with van der Waals surface area (Å²) >= 11 is 18.0. The van der Waals surface area contributed by atoms with Gasteiger partial charge in [0.1, 0.15) is 11.5 Å². The summed E-state index contributed by atoms with van der Waals surface area (Å²) in [5, 5.41) is 1.67. The van der Waals surface area contributed by atoms with Crippen molar-refractivity contribution in [2.75, 3.05) is 6.54 Å². The van der Waals surface area contributed by atoms with Crippen molar-refractivity contribution in [3.63, 3.8) is 0 Å². The number of nitrogens with two attached hydrogens (primary N) is 1. The van der Waals surface area contributed by atoms with E-state index in [9.17, 15) is 0 Å². The van der Waals surface area contributed by atoms with Crippen LogP contribution in [0.1, 0.15) is 5.56 Å². The zero-order chi connectivity index (χ0) is 13.8. The molecular formula is C14H12Cl3NO. The summed E-state index contributed by atoms with van der Waals surface area (Å²) in [5.41, 5.74) is 6.46. The van der Waals surface area contributed by atoms with E-state index in [0.29, 0.717) is 39.5 Å². The maximum absolute atomic E-state index is 6.15. The van der Waals surface area contributed by atoms with Crippen molar-refractivity contribution in [2.24, 2.45) is 5.73 Å². The van der Waals surface area contributed by atoms with Crippen molar-refractivity contribution in [1.82, 2.24) is 0 Å². The van der Waals surface area contributed by atoms with E-state index in [4.69, 9.17) is 45.3 Å². The van der Waals surface area contributed by atoms with Crippen LogP contribution >= 0.6 is 34.8 Å². The molecule has 0 spiro atoms. The fraction of sp³-hybridized carbons (Fsp3) is 0.143. The molecule has 0 unspecified atom stereocenters. The van der Waals surface area contributed by atoms with E-state index in [1.165, 1.54) is 0 Å². The summed E-state index contributed by atoms with van der Waals surface area (Å²) in [6.45, 7) is 0.496. The van der Waals surface area contributed by atoms with Crippen LogP contribution < -0.4 is 10.5 Å². The average Bonchev–Trinajstić information content (AvgIpc) is 2.32. The molecule has 0 aliphatic carbocycles. The summed E-state index contributed by atoms with van der Waals surface area (Å²) in [6, 6.07) is 10.5. The Morgan fingerprint density at radius 2 is 1.68 bits per heavy atom. The minimum absolute atomic E-state index is 0.496. The normalized spacial score (nSPS) is 10.5. The third-order valence-electron chi connectivity index (χ3n) is 2.53. The summed E-state index contributed by atoms with van der Waals surface area (Å²) in [5.74, 6) is 1.23. The molecule has 0 fully saturated rings. The highest BCUT2D eigenvalue weighted by molar-refractivity contribution is 6.34. The third kappa shape index (κ3) is 3.77. The van der Waals surface area contributed by atoms with Gasteiger partial charge in [0, 0.05) is 20.6 Å². The van der Waals surface area contributed by atoms with E-state index >= 15 is 0 Å². The molecule has 2 aromatic rings. The molecule has 0 aliphatic heterocycles. The van der Waals surface area contributed by atoms with Gasteiger partial charge in [-0.05, 0) is 43.3 Å². The highest BCUT2D eigenvalue weighted by Gasteiger charge is 2.09. The maximum Gasteiger partial charge on any atom is 0.132 e. The topological polar surface area (TPSA) is 35.2 Å². The predicted molar refractivity (Wildman–Crippen MR) is 80.7 cm³/mol. The van der Waals surface area contributed by atoms with Gasteiger partial charge in [-0.1, -0.05) is 40.9 Å². The lowest BCUT2D eigenvalue weighted by Gasteiger charge is -2.12. The summed E-state index contributed by atoms with van der Waals surface area (Å²) in [4.78, 5) is 0. The fourth-order valence-corrected chi connectivity index (χ4v) is 2.50. The lowest BCUT2D eigenvalue weighted by Crippen LogP contribution is -2.04. The molecule has 19 heavy (non-hydrogen) atoms. The Balaban J connectivity index is 2.34. The Morgan fingerprint density at radius 1 is 1.00 bits per heavy atom. The van der Waals surface area contributed by atoms with Crippen molar-refractivity contribution < 1.29 is 4.74 Å². The van der Waals surface area contributed by atoms with Gasteiger partial charge in [-0.25, -0.2) is 0 Å². The van der Waals surface area contributed by atoms with Gasteiger partial charge in [0.15, 0.2) is 0 Å². The largest absolute Gasteiger partial charge is 0.457 e. The zero-order valence-electron chi connectivity index (χ0n) is 10.00. The van der Waals surface area contributed by atoms with Crippen molar-refractivity contribution in [2.45, 2.75) is 6.42 Å². The van der Waals surface area contributed by atoms with E-state index < -0.39 is 0 Å². The van der Waals surface area contributed by atoms with Crippen LogP contribution in [0.4, 0.5) is 0 Å². The molecule has 0 atom stereocenters. The SMILES string of the molecule is NCCc1c(Cl)cccc1Oc1cc(Cl)cc(Cl)c1. The summed E-state index contributed by atoms with van der Waals surface area (Å²) in [6.07, 6.45) is 0.642. The molecule has 2 nitrogen and oxygen atoms in total. The molecule has 0 amide bonds. The molecule has 2 aromatic carbocycles. The van der Waals surface area contributed by atoms with Crippen LogP contribution in [0.25, 0.3) is 0 Å². The van der Waals surface area contributed by atoms with E-state index in [1.807, 2.05) is 18.2 Å². The number of hydrogen-bond acceptors (Lipinski definition) is 2. The molecule has 0 aromatic heterocycles. The monoisotopic (exact) mass is 315 g/mol. The first-order valence-electron chi connectivity index (χ1n) is 5.71. The van der Waals surface area contributed by atoms with Gasteiger partial charge in [0.2, 0.25) is 0 Å². The van der Waals surface area contributed by atoms with Crippen LogP contribution in [0, 0.1) is 0 Å². The molecule has 0 heterocycles. The third-order valence-corrected chi connectivity index (χ3v) is 3.32. The lowest BCUT2D eigenvalue weighted by molar-refractivity contribution is 0.476. The maximum atomic E-state index is 6.15. The van der Waals surface area contributed by atoms with Gasteiger partial charge < -0.3 is 10.5 Å². The van der Waals surface area contributed by atoms with E-state index in [-0.39, 0.29) is 0 Å². The average molecular weight is 317 g/mol. The standard InChI is InChI=1S/C14H12Cl3NO/c15-9-6-10(16)8-11(7-9)19-14-3-1-2-13(17)12(14)4-5-18/h1-3,6-8H,4-5,18H2. The van der Waals surface area contributed by atoms with Gasteiger partial charge in [-0.2, -0.15) is 0 Å². The van der Waals surface area contributed by atoms with Crippen molar-refractivity contribution >= 4 is 34.8 Å². The van der Waals surface area contributed by atoms with Gasteiger partial charge >= 0.3 is 0 Å². The molecule has 2 N–H and O–H groups in total. The van der Waals surface area contributed by atoms with Crippen LogP contribution in [0.15, 0.2) is 36.4 Å². The molecule has 0 aliphatic rings. The van der Waals surface area contributed by atoms with E-state index in [0.717, 1.165) is 5.56 Å². The first-order chi connectivity index (χ1) is 9.10. The van der Waals surface area contributed by atoms with Crippen LogP contribution in [0.5, 0.6) is 11.5 Å². The molecule has 0 radical (unpaired) electrons. The van der Waals surface area contributed by atoms with Crippen LogP contribution in [0.3, 0.4) is 0 Å². The van der Waals surface area contributed by atoms with Crippen LogP contribution in [0.2, 0.25) is 15.1 Å². The number of benzene rings is 2. The van der Waals surface area contributed by atoms with Crippen LogP contribution in [-0.4, -0.2) is 6.54 Å². The van der Waals surface area contributed by atoms with E-state index in [1.54, 1.807) is 18.2 Å². The first-order valence-corrected chi connectivity index (χ1v) is 6.85. The highest BCUT2D eigenvalue weighted by Crippen LogP contribution is 2.33. The van der Waals surface area contributed by atoms with Gasteiger partial charge in [-0.15, -0.1) is 0 Å². The highest BCUT2D eigenvalue weighted by atomic mass is 35.5. The minimum atomic E-state index is 0.496. The van der Waals surface area contributed by atoms with Gasteiger partial charge in [0.05, 0.1) is 0 Å². The quantitative estimate of drug-likeness (QED) is 0.867. The summed E-state index contributed by atoms with van der Waals surface area (Å²) < 4.78 is 5.80. The number of hydrogen-bond donors (Lipinski definition) is 1. The smallest absolute Gasteiger partial charge is 0.132 e. The van der Waals surface area contributed by atoms with E-state index in [2.05, 4.69) is 0 Å².